The first-order valence-corrected chi connectivity index (χ1v) is 5.77. The fourth-order valence-corrected chi connectivity index (χ4v) is 2.13. The van der Waals surface area contributed by atoms with Crippen LogP contribution in [0.2, 0.25) is 0 Å². The Morgan fingerprint density at radius 2 is 1.89 bits per heavy atom. The molecule has 18 heavy (non-hydrogen) atoms. The van der Waals surface area contributed by atoms with Crippen LogP contribution in [0.1, 0.15) is 5.56 Å². The maximum Gasteiger partial charge on any atom is 0.181 e. The van der Waals surface area contributed by atoms with Crippen LogP contribution in [0.5, 0.6) is 0 Å². The zero-order valence-electron chi connectivity index (χ0n) is 10.3. The summed E-state index contributed by atoms with van der Waals surface area (Å²) in [6.07, 6.45) is 2.97. The van der Waals surface area contributed by atoms with Crippen molar-refractivity contribution in [3.8, 4) is 11.4 Å². The first-order valence-electron chi connectivity index (χ1n) is 5.77. The zero-order chi connectivity index (χ0) is 12.7. The number of benzene rings is 1. The molecule has 0 aliphatic heterocycles. The second-order valence-corrected chi connectivity index (χ2v) is 4.43. The van der Waals surface area contributed by atoms with Crippen molar-refractivity contribution in [2.75, 3.05) is 0 Å². The van der Waals surface area contributed by atoms with Gasteiger partial charge in [0.25, 0.3) is 0 Å². The van der Waals surface area contributed by atoms with Crippen LogP contribution in [0.25, 0.3) is 22.4 Å². The van der Waals surface area contributed by atoms with E-state index in [9.17, 15) is 5.21 Å². The number of imidazole rings is 1. The molecule has 0 radical (unpaired) electrons. The Balaban J connectivity index is 2.23. The normalized spacial score (nSPS) is 11.0. The van der Waals surface area contributed by atoms with Crippen molar-refractivity contribution in [2.24, 2.45) is 7.05 Å². The van der Waals surface area contributed by atoms with Crippen LogP contribution >= 0.6 is 0 Å². The van der Waals surface area contributed by atoms with Gasteiger partial charge in [-0.05, 0) is 24.6 Å². The summed E-state index contributed by atoms with van der Waals surface area (Å²) in [6.45, 7) is 2.05. The van der Waals surface area contributed by atoms with Crippen LogP contribution in [-0.2, 0) is 7.05 Å². The maximum absolute atomic E-state index is 11.0. The second-order valence-electron chi connectivity index (χ2n) is 4.43. The molecule has 3 rings (SSSR count). The van der Waals surface area contributed by atoms with Gasteiger partial charge in [-0.25, -0.2) is 4.98 Å². The molecule has 0 aliphatic carbocycles. The van der Waals surface area contributed by atoms with Gasteiger partial charge in [-0.1, -0.05) is 6.07 Å². The molecule has 0 atom stereocenters. The molecule has 0 fully saturated rings. The van der Waals surface area contributed by atoms with Crippen LogP contribution in [0, 0.1) is 12.1 Å². The van der Waals surface area contributed by atoms with E-state index in [1.165, 1.54) is 18.0 Å². The summed E-state index contributed by atoms with van der Waals surface area (Å²) < 4.78 is 2.82. The lowest BCUT2D eigenvalue weighted by atomic mass is 10.2. The Labute approximate surface area is 105 Å². The van der Waals surface area contributed by atoms with Crippen molar-refractivity contribution in [2.45, 2.75) is 6.92 Å². The topological polar surface area (TPSA) is 44.8 Å². The third-order valence-electron chi connectivity index (χ3n) is 3.10. The van der Waals surface area contributed by atoms with Gasteiger partial charge in [0.15, 0.2) is 12.4 Å². The number of hydrogen-bond acceptors (Lipinski definition) is 2. The van der Waals surface area contributed by atoms with E-state index < -0.39 is 0 Å². The molecule has 2 aromatic heterocycles. The summed E-state index contributed by atoms with van der Waals surface area (Å²) >= 11 is 0. The largest absolute Gasteiger partial charge is 0.619 e. The van der Waals surface area contributed by atoms with Gasteiger partial charge < -0.3 is 9.77 Å². The summed E-state index contributed by atoms with van der Waals surface area (Å²) in [5.41, 5.74) is 4.21. The van der Waals surface area contributed by atoms with Crippen LogP contribution in [-0.4, -0.2) is 9.55 Å². The third kappa shape index (κ3) is 1.62. The van der Waals surface area contributed by atoms with Crippen molar-refractivity contribution >= 4 is 11.0 Å². The predicted octanol–water partition coefficient (Wildman–Crippen LogP) is 2.18. The van der Waals surface area contributed by atoms with Crippen LogP contribution in [0.4, 0.5) is 0 Å². The van der Waals surface area contributed by atoms with Crippen molar-refractivity contribution in [1.29, 1.82) is 0 Å². The Bertz CT molecular complexity index is 714. The number of aryl methyl sites for hydroxylation is 2. The Kier molecular flexibility index (Phi) is 2.30. The van der Waals surface area contributed by atoms with E-state index in [0.29, 0.717) is 0 Å². The lowest BCUT2D eigenvalue weighted by molar-refractivity contribution is -0.605. The van der Waals surface area contributed by atoms with Crippen LogP contribution in [0.3, 0.4) is 0 Å². The SMILES string of the molecule is Cc1ccc2c(c1)nc(-c1cc[n+]([O-])cc1)n2C. The summed E-state index contributed by atoms with van der Waals surface area (Å²) in [6, 6.07) is 9.76. The van der Waals surface area contributed by atoms with Gasteiger partial charge in [-0.2, -0.15) is 4.73 Å². The molecule has 0 saturated heterocycles. The molecular formula is C14H13N3O. The van der Waals surface area contributed by atoms with Crippen LogP contribution in [0.15, 0.2) is 42.7 Å². The minimum atomic E-state index is 0.774. The van der Waals surface area contributed by atoms with Crippen molar-refractivity contribution in [3.63, 3.8) is 0 Å². The molecule has 2 heterocycles. The number of fused-ring (bicyclic) bond motifs is 1. The Morgan fingerprint density at radius 1 is 1.17 bits per heavy atom. The van der Waals surface area contributed by atoms with Crippen molar-refractivity contribution in [1.82, 2.24) is 9.55 Å². The molecule has 0 amide bonds. The summed E-state index contributed by atoms with van der Waals surface area (Å²) in [4.78, 5) is 4.62. The van der Waals surface area contributed by atoms with E-state index >= 15 is 0 Å². The molecule has 4 nitrogen and oxygen atoms in total. The second kappa shape index (κ2) is 3.84. The Morgan fingerprint density at radius 3 is 2.61 bits per heavy atom. The fraction of sp³-hybridized carbons (Fsp3) is 0.143. The van der Waals surface area contributed by atoms with Crippen molar-refractivity contribution in [3.05, 3.63) is 53.5 Å². The third-order valence-corrected chi connectivity index (χ3v) is 3.10. The van der Waals surface area contributed by atoms with Crippen LogP contribution < -0.4 is 4.73 Å². The average molecular weight is 239 g/mol. The summed E-state index contributed by atoms with van der Waals surface area (Å²) in [5.74, 6) is 0.871. The molecule has 0 aliphatic rings. The van der Waals surface area contributed by atoms with Gasteiger partial charge in [-0.3, -0.25) is 0 Å². The molecule has 0 unspecified atom stereocenters. The van der Waals surface area contributed by atoms with Crippen molar-refractivity contribution < 1.29 is 4.73 Å². The highest BCUT2D eigenvalue weighted by molar-refractivity contribution is 5.81. The fourth-order valence-electron chi connectivity index (χ4n) is 2.13. The maximum atomic E-state index is 11.0. The summed E-state index contributed by atoms with van der Waals surface area (Å²) in [5, 5.41) is 11.0. The van der Waals surface area contributed by atoms with E-state index in [0.717, 1.165) is 27.2 Å². The number of nitrogens with zero attached hydrogens (tertiary/aromatic N) is 3. The van der Waals surface area contributed by atoms with E-state index in [1.807, 2.05) is 11.6 Å². The molecule has 4 heteroatoms. The van der Waals surface area contributed by atoms with Gasteiger partial charge in [-0.15, -0.1) is 0 Å². The zero-order valence-corrected chi connectivity index (χ0v) is 10.3. The van der Waals surface area contributed by atoms with E-state index in [1.54, 1.807) is 12.1 Å². The molecule has 0 bridgehead atoms. The summed E-state index contributed by atoms with van der Waals surface area (Å²) in [7, 11) is 1.98. The molecule has 1 aromatic carbocycles. The first-order chi connectivity index (χ1) is 8.65. The first kappa shape index (κ1) is 10.8. The van der Waals surface area contributed by atoms with E-state index in [2.05, 4.69) is 30.1 Å². The van der Waals surface area contributed by atoms with E-state index in [4.69, 9.17) is 0 Å². The standard InChI is InChI=1S/C14H13N3O/c1-10-3-4-13-12(9-10)15-14(16(13)2)11-5-7-17(18)8-6-11/h3-9H,1-2H3. The smallest absolute Gasteiger partial charge is 0.181 e. The number of aromatic nitrogens is 3. The minimum Gasteiger partial charge on any atom is -0.619 e. The number of hydrogen-bond donors (Lipinski definition) is 0. The van der Waals surface area contributed by atoms with Gasteiger partial charge in [0.1, 0.15) is 5.82 Å². The highest BCUT2D eigenvalue weighted by Crippen LogP contribution is 2.23. The number of pyridine rings is 1. The highest BCUT2D eigenvalue weighted by atomic mass is 16.5. The monoisotopic (exact) mass is 239 g/mol. The lowest BCUT2D eigenvalue weighted by Gasteiger charge is -2.02. The highest BCUT2D eigenvalue weighted by Gasteiger charge is 2.10. The van der Waals surface area contributed by atoms with E-state index in [-0.39, 0.29) is 0 Å². The van der Waals surface area contributed by atoms with Gasteiger partial charge in [0.05, 0.1) is 11.0 Å². The van der Waals surface area contributed by atoms with Gasteiger partial charge in [0, 0.05) is 24.7 Å². The number of rotatable bonds is 1. The molecule has 90 valence electrons. The average Bonchev–Trinajstić information content (AvgIpc) is 2.67. The van der Waals surface area contributed by atoms with Gasteiger partial charge >= 0.3 is 0 Å². The lowest BCUT2D eigenvalue weighted by Crippen LogP contribution is -2.23. The molecular weight excluding hydrogens is 226 g/mol. The Hall–Kier alpha value is -2.36. The molecule has 0 saturated carbocycles. The minimum absolute atomic E-state index is 0.774. The molecule has 0 spiro atoms. The quantitative estimate of drug-likeness (QED) is 0.482. The predicted molar refractivity (Wildman–Crippen MR) is 69.8 cm³/mol. The van der Waals surface area contributed by atoms with Gasteiger partial charge in [0.2, 0.25) is 0 Å². The molecule has 3 aromatic rings. The molecule has 0 N–H and O–H groups in total.